The average Bonchev–Trinajstić information content (AvgIpc) is 3.01. The number of benzene rings is 1. The van der Waals surface area contributed by atoms with E-state index >= 15 is 0 Å². The van der Waals surface area contributed by atoms with E-state index < -0.39 is 0 Å². The number of fused-ring (bicyclic) bond motifs is 2. The summed E-state index contributed by atoms with van der Waals surface area (Å²) in [6, 6.07) is 10.8. The van der Waals surface area contributed by atoms with Crippen molar-refractivity contribution in [1.82, 2.24) is 15.5 Å². The van der Waals surface area contributed by atoms with Crippen molar-refractivity contribution in [2.24, 2.45) is 5.92 Å². The zero-order valence-electron chi connectivity index (χ0n) is 15.7. The largest absolute Gasteiger partial charge is 0.349 e. The third-order valence-corrected chi connectivity index (χ3v) is 6.25. The molecule has 2 amide bonds. The molecule has 27 heavy (non-hydrogen) atoms. The number of hydrogen-bond acceptors (Lipinski definition) is 3. The Kier molecular flexibility index (Phi) is 6.77. The highest BCUT2D eigenvalue weighted by Crippen LogP contribution is 2.33. The molecule has 0 saturated carbocycles. The van der Waals surface area contributed by atoms with Crippen LogP contribution in [0.4, 0.5) is 0 Å². The third kappa shape index (κ3) is 5.02. The molecule has 3 fully saturated rings. The fourth-order valence-corrected chi connectivity index (χ4v) is 4.85. The van der Waals surface area contributed by atoms with Crippen LogP contribution in [0.25, 0.3) is 0 Å². The first-order valence-electron chi connectivity index (χ1n) is 10.1. The maximum absolute atomic E-state index is 12.7. The van der Waals surface area contributed by atoms with Crippen LogP contribution >= 0.6 is 12.4 Å². The number of rotatable bonds is 4. The van der Waals surface area contributed by atoms with Crippen molar-refractivity contribution < 1.29 is 9.59 Å². The predicted octanol–water partition coefficient (Wildman–Crippen LogP) is 2.75. The van der Waals surface area contributed by atoms with Gasteiger partial charge < -0.3 is 15.5 Å². The second-order valence-corrected chi connectivity index (χ2v) is 8.17. The van der Waals surface area contributed by atoms with Crippen molar-refractivity contribution in [3.63, 3.8) is 0 Å². The SMILES string of the molecule is Cl.O=C(NC1CCN(C(=O)CC2CC3CCC(C2)N3)CC1)c1ccccc1. The molecule has 3 heterocycles. The molecular weight excluding hydrogens is 362 g/mol. The number of carbonyl (C=O) groups excluding carboxylic acids is 2. The van der Waals surface area contributed by atoms with Crippen LogP contribution in [0.3, 0.4) is 0 Å². The lowest BCUT2D eigenvalue weighted by molar-refractivity contribution is -0.133. The summed E-state index contributed by atoms with van der Waals surface area (Å²) in [6.07, 6.45) is 7.28. The monoisotopic (exact) mass is 391 g/mol. The molecular formula is C21H30ClN3O2. The standard InChI is InChI=1S/C21H29N3O2.ClH/c25-20(14-15-12-18-6-7-19(13-15)22-18)24-10-8-17(9-11-24)23-21(26)16-4-2-1-3-5-16;/h1-5,15,17-19,22H,6-14H2,(H,23,26);1H. The molecule has 1 aromatic carbocycles. The Bertz CT molecular complexity index is 634. The Morgan fingerprint density at radius 1 is 1.00 bits per heavy atom. The summed E-state index contributed by atoms with van der Waals surface area (Å²) in [5, 5.41) is 6.76. The highest BCUT2D eigenvalue weighted by atomic mass is 35.5. The minimum Gasteiger partial charge on any atom is -0.349 e. The van der Waals surface area contributed by atoms with Crippen molar-refractivity contribution in [1.29, 1.82) is 0 Å². The van der Waals surface area contributed by atoms with Crippen LogP contribution in [0.5, 0.6) is 0 Å². The fourth-order valence-electron chi connectivity index (χ4n) is 4.85. The normalized spacial score (nSPS) is 27.7. The van der Waals surface area contributed by atoms with E-state index in [1.165, 1.54) is 12.8 Å². The van der Waals surface area contributed by atoms with Crippen LogP contribution in [0.15, 0.2) is 30.3 Å². The Morgan fingerprint density at radius 3 is 2.26 bits per heavy atom. The smallest absolute Gasteiger partial charge is 0.251 e. The van der Waals surface area contributed by atoms with Gasteiger partial charge in [0.05, 0.1) is 0 Å². The number of halogens is 1. The van der Waals surface area contributed by atoms with Gasteiger partial charge in [-0.2, -0.15) is 0 Å². The van der Waals surface area contributed by atoms with Crippen molar-refractivity contribution in [2.45, 2.75) is 63.1 Å². The van der Waals surface area contributed by atoms with Crippen LogP contribution in [0.2, 0.25) is 0 Å². The number of amides is 2. The lowest BCUT2D eigenvalue weighted by Crippen LogP contribution is -2.47. The van der Waals surface area contributed by atoms with Gasteiger partial charge in [0.2, 0.25) is 5.91 Å². The average molecular weight is 392 g/mol. The zero-order chi connectivity index (χ0) is 17.9. The number of likely N-dealkylation sites (tertiary alicyclic amines) is 1. The first-order valence-corrected chi connectivity index (χ1v) is 10.1. The van der Waals surface area contributed by atoms with Crippen molar-refractivity contribution in [3.05, 3.63) is 35.9 Å². The van der Waals surface area contributed by atoms with E-state index in [1.54, 1.807) is 0 Å². The molecule has 148 valence electrons. The molecule has 2 atom stereocenters. The van der Waals surface area contributed by atoms with Crippen molar-refractivity contribution in [3.8, 4) is 0 Å². The van der Waals surface area contributed by atoms with Crippen molar-refractivity contribution >= 4 is 24.2 Å². The third-order valence-electron chi connectivity index (χ3n) is 6.25. The molecule has 0 aromatic heterocycles. The first kappa shape index (κ1) is 20.2. The number of carbonyl (C=O) groups is 2. The summed E-state index contributed by atoms with van der Waals surface area (Å²) in [4.78, 5) is 26.9. The Balaban J connectivity index is 0.00000210. The predicted molar refractivity (Wildman–Crippen MR) is 108 cm³/mol. The molecule has 6 heteroatoms. The molecule has 3 aliphatic heterocycles. The zero-order valence-corrected chi connectivity index (χ0v) is 16.5. The molecule has 0 aliphatic carbocycles. The van der Waals surface area contributed by atoms with Crippen LogP contribution in [0.1, 0.15) is 55.3 Å². The Morgan fingerprint density at radius 2 is 1.63 bits per heavy atom. The molecule has 3 saturated heterocycles. The maximum Gasteiger partial charge on any atom is 0.251 e. The van der Waals surface area contributed by atoms with Gasteiger partial charge in [0.15, 0.2) is 0 Å². The summed E-state index contributed by atoms with van der Waals surface area (Å²) in [7, 11) is 0. The van der Waals surface area contributed by atoms with E-state index in [-0.39, 0.29) is 24.4 Å². The minimum atomic E-state index is -0.0134. The Hall–Kier alpha value is -1.59. The van der Waals surface area contributed by atoms with Gasteiger partial charge in [-0.05, 0) is 56.6 Å². The van der Waals surface area contributed by atoms with Gasteiger partial charge in [-0.1, -0.05) is 18.2 Å². The highest BCUT2D eigenvalue weighted by Gasteiger charge is 2.35. The van der Waals surface area contributed by atoms with Gasteiger partial charge >= 0.3 is 0 Å². The van der Waals surface area contributed by atoms with Gasteiger partial charge in [-0.15, -0.1) is 12.4 Å². The van der Waals surface area contributed by atoms with E-state index in [0.29, 0.717) is 35.9 Å². The van der Waals surface area contributed by atoms with Gasteiger partial charge in [0, 0.05) is 43.2 Å². The van der Waals surface area contributed by atoms with Gasteiger partial charge in [0.25, 0.3) is 5.91 Å². The van der Waals surface area contributed by atoms with E-state index in [1.807, 2.05) is 35.2 Å². The fraction of sp³-hybridized carbons (Fsp3) is 0.619. The van der Waals surface area contributed by atoms with Crippen LogP contribution in [-0.4, -0.2) is 47.9 Å². The van der Waals surface area contributed by atoms with Crippen molar-refractivity contribution in [2.75, 3.05) is 13.1 Å². The van der Waals surface area contributed by atoms with E-state index in [2.05, 4.69) is 10.6 Å². The number of piperidine rings is 2. The van der Waals surface area contributed by atoms with Gasteiger partial charge in [-0.3, -0.25) is 9.59 Å². The highest BCUT2D eigenvalue weighted by molar-refractivity contribution is 5.94. The van der Waals surface area contributed by atoms with Crippen LogP contribution in [0, 0.1) is 5.92 Å². The lowest BCUT2D eigenvalue weighted by Gasteiger charge is -2.35. The molecule has 5 nitrogen and oxygen atoms in total. The molecule has 0 spiro atoms. The van der Waals surface area contributed by atoms with Crippen LogP contribution < -0.4 is 10.6 Å². The first-order chi connectivity index (χ1) is 12.7. The van der Waals surface area contributed by atoms with E-state index in [4.69, 9.17) is 0 Å². The quantitative estimate of drug-likeness (QED) is 0.829. The van der Waals surface area contributed by atoms with E-state index in [0.717, 1.165) is 38.8 Å². The maximum atomic E-state index is 12.7. The van der Waals surface area contributed by atoms with Crippen LogP contribution in [-0.2, 0) is 4.79 Å². The summed E-state index contributed by atoms with van der Waals surface area (Å²) >= 11 is 0. The summed E-state index contributed by atoms with van der Waals surface area (Å²) in [6.45, 7) is 1.52. The lowest BCUT2D eigenvalue weighted by atomic mass is 9.89. The molecule has 2 N–H and O–H groups in total. The molecule has 2 unspecified atom stereocenters. The molecule has 0 radical (unpaired) electrons. The second-order valence-electron chi connectivity index (χ2n) is 8.17. The number of nitrogens with one attached hydrogen (secondary N) is 2. The molecule has 3 aliphatic rings. The Labute approximate surface area is 167 Å². The molecule has 1 aromatic rings. The summed E-state index contributed by atoms with van der Waals surface area (Å²) < 4.78 is 0. The van der Waals surface area contributed by atoms with Gasteiger partial charge in [0.1, 0.15) is 0 Å². The van der Waals surface area contributed by atoms with E-state index in [9.17, 15) is 9.59 Å². The topological polar surface area (TPSA) is 61.4 Å². The minimum absolute atomic E-state index is 0. The molecule has 2 bridgehead atoms. The number of hydrogen-bond donors (Lipinski definition) is 2. The summed E-state index contributed by atoms with van der Waals surface area (Å²) in [5.41, 5.74) is 0.701. The molecule has 4 rings (SSSR count). The second kappa shape index (κ2) is 9.07. The van der Waals surface area contributed by atoms with Gasteiger partial charge in [-0.25, -0.2) is 0 Å². The number of nitrogens with zero attached hydrogens (tertiary/aromatic N) is 1. The summed E-state index contributed by atoms with van der Waals surface area (Å²) in [5.74, 6) is 0.849.